The van der Waals surface area contributed by atoms with E-state index in [0.717, 1.165) is 89.9 Å². The molecule has 1 atom stereocenters. The van der Waals surface area contributed by atoms with Crippen LogP contribution in [0.3, 0.4) is 0 Å². The lowest BCUT2D eigenvalue weighted by atomic mass is 10.0. The number of esters is 3. The van der Waals surface area contributed by atoms with Crippen LogP contribution in [-0.2, 0) is 28.6 Å². The van der Waals surface area contributed by atoms with Gasteiger partial charge in [-0.1, -0.05) is 191 Å². The molecule has 0 saturated heterocycles. The van der Waals surface area contributed by atoms with Crippen molar-refractivity contribution in [2.75, 3.05) is 13.2 Å². The average molecular weight is 797 g/mol. The molecule has 57 heavy (non-hydrogen) atoms. The van der Waals surface area contributed by atoms with E-state index in [9.17, 15) is 14.4 Å². The minimum atomic E-state index is -0.790. The first-order valence-electron chi connectivity index (χ1n) is 23.8. The predicted octanol–water partition coefficient (Wildman–Crippen LogP) is 15.3. The fraction of sp³-hybridized carbons (Fsp3) is 0.745. The minimum Gasteiger partial charge on any atom is -0.462 e. The third-order valence-corrected chi connectivity index (χ3v) is 10.0. The Labute approximate surface area is 351 Å². The van der Waals surface area contributed by atoms with Gasteiger partial charge in [0.05, 0.1) is 0 Å². The van der Waals surface area contributed by atoms with E-state index in [2.05, 4.69) is 81.5 Å². The van der Waals surface area contributed by atoms with Crippen molar-refractivity contribution >= 4 is 17.9 Å². The van der Waals surface area contributed by atoms with E-state index >= 15 is 0 Å². The summed E-state index contributed by atoms with van der Waals surface area (Å²) in [6.45, 7) is 6.43. The molecular formula is C51H88O6. The molecular weight excluding hydrogens is 709 g/mol. The quantitative estimate of drug-likeness (QED) is 0.0265. The highest BCUT2D eigenvalue weighted by molar-refractivity contribution is 5.71. The maximum Gasteiger partial charge on any atom is 0.306 e. The first-order valence-corrected chi connectivity index (χ1v) is 23.8. The van der Waals surface area contributed by atoms with Crippen LogP contribution in [0.5, 0.6) is 0 Å². The highest BCUT2D eigenvalue weighted by Gasteiger charge is 2.19. The van der Waals surface area contributed by atoms with E-state index in [0.29, 0.717) is 19.3 Å². The van der Waals surface area contributed by atoms with Gasteiger partial charge >= 0.3 is 17.9 Å². The zero-order chi connectivity index (χ0) is 41.5. The number of allylic oxidation sites excluding steroid dienone is 10. The first kappa shape index (κ1) is 54.1. The lowest BCUT2D eigenvalue weighted by Gasteiger charge is -2.18. The second kappa shape index (κ2) is 45.8. The molecule has 0 fully saturated rings. The van der Waals surface area contributed by atoms with Gasteiger partial charge in [0, 0.05) is 19.3 Å². The standard InChI is InChI=1S/C51H88O6/c1-4-7-10-13-16-19-22-24-25-27-29-32-35-38-41-44-50(53)56-47-48(46-55-49(52)43-40-37-34-31-28-21-18-15-12-9-6-3)57-51(54)45-42-39-36-33-30-26-23-20-17-14-11-8-5-2/h7,10,15-16,18-19,24-25,29,32,48H,4-6,8-9,11-14,17,20-23,26-28,30-31,33-47H2,1-3H3/b10-7-,18-15-,19-16-,25-24-,32-29-/t48-/m1/s1. The molecule has 0 rings (SSSR count). The molecule has 0 radical (unpaired) electrons. The molecule has 0 aliphatic heterocycles. The normalized spacial score (nSPS) is 12.5. The van der Waals surface area contributed by atoms with Crippen LogP contribution in [0.15, 0.2) is 60.8 Å². The Balaban J connectivity index is 4.44. The third kappa shape index (κ3) is 44.1. The van der Waals surface area contributed by atoms with E-state index in [1.54, 1.807) is 0 Å². The molecule has 6 heteroatoms. The third-order valence-electron chi connectivity index (χ3n) is 10.0. The van der Waals surface area contributed by atoms with Gasteiger partial charge in [-0.05, 0) is 77.0 Å². The van der Waals surface area contributed by atoms with Crippen molar-refractivity contribution < 1.29 is 28.6 Å². The summed E-state index contributed by atoms with van der Waals surface area (Å²) in [5, 5.41) is 0. The maximum atomic E-state index is 12.7. The monoisotopic (exact) mass is 797 g/mol. The SMILES string of the molecule is CC/C=C\C/C=C\C/C=C\C/C=C\CCCCC(=O)OC[C@@H](COC(=O)CCCCCCC/C=C\CCCC)OC(=O)CCCCCCCCCCCCCCC. The molecule has 0 saturated carbocycles. The van der Waals surface area contributed by atoms with Crippen LogP contribution in [0, 0.1) is 0 Å². The fourth-order valence-corrected chi connectivity index (χ4v) is 6.41. The lowest BCUT2D eigenvalue weighted by Crippen LogP contribution is -2.30. The van der Waals surface area contributed by atoms with Gasteiger partial charge in [0.25, 0.3) is 0 Å². The number of unbranched alkanes of at least 4 members (excludes halogenated alkanes) is 21. The van der Waals surface area contributed by atoms with Crippen molar-refractivity contribution in [2.24, 2.45) is 0 Å². The van der Waals surface area contributed by atoms with Gasteiger partial charge in [-0.25, -0.2) is 0 Å². The number of rotatable bonds is 42. The zero-order valence-corrected chi connectivity index (χ0v) is 37.3. The average Bonchev–Trinajstić information content (AvgIpc) is 3.21. The van der Waals surface area contributed by atoms with Gasteiger partial charge in [0.15, 0.2) is 6.10 Å². The fourth-order valence-electron chi connectivity index (χ4n) is 6.41. The molecule has 0 aromatic rings. The van der Waals surface area contributed by atoms with E-state index in [1.165, 1.54) is 96.3 Å². The summed E-state index contributed by atoms with van der Waals surface area (Å²) in [5.41, 5.74) is 0. The summed E-state index contributed by atoms with van der Waals surface area (Å²) in [6, 6.07) is 0. The predicted molar refractivity (Wildman–Crippen MR) is 242 cm³/mol. The number of ether oxygens (including phenoxy) is 3. The number of carbonyl (C=O) groups excluding carboxylic acids is 3. The molecule has 0 heterocycles. The smallest absolute Gasteiger partial charge is 0.306 e. The van der Waals surface area contributed by atoms with Crippen molar-refractivity contribution in [3.05, 3.63) is 60.8 Å². The molecule has 0 amide bonds. The van der Waals surface area contributed by atoms with Crippen LogP contribution >= 0.6 is 0 Å². The van der Waals surface area contributed by atoms with Gasteiger partial charge in [0.2, 0.25) is 0 Å². The Morgan fingerprint density at radius 1 is 0.368 bits per heavy atom. The number of hydrogen-bond acceptors (Lipinski definition) is 6. The number of carbonyl (C=O) groups is 3. The molecule has 0 aliphatic rings. The lowest BCUT2D eigenvalue weighted by molar-refractivity contribution is -0.167. The summed E-state index contributed by atoms with van der Waals surface area (Å²) < 4.78 is 16.7. The van der Waals surface area contributed by atoms with Crippen LogP contribution in [0.1, 0.15) is 226 Å². The second-order valence-electron chi connectivity index (χ2n) is 15.6. The second-order valence-corrected chi connectivity index (χ2v) is 15.6. The van der Waals surface area contributed by atoms with Crippen molar-refractivity contribution in [3.8, 4) is 0 Å². The Morgan fingerprint density at radius 3 is 1.18 bits per heavy atom. The van der Waals surface area contributed by atoms with E-state index in [4.69, 9.17) is 14.2 Å². The topological polar surface area (TPSA) is 78.9 Å². The van der Waals surface area contributed by atoms with E-state index < -0.39 is 6.10 Å². The molecule has 0 aromatic heterocycles. The van der Waals surface area contributed by atoms with Crippen molar-refractivity contribution in [1.29, 1.82) is 0 Å². The Hall–Kier alpha value is -2.89. The van der Waals surface area contributed by atoms with Crippen LogP contribution in [0.25, 0.3) is 0 Å². The molecule has 0 aliphatic carbocycles. The summed E-state index contributed by atoms with van der Waals surface area (Å²) in [4.78, 5) is 37.8. The molecule has 0 unspecified atom stereocenters. The molecule has 0 spiro atoms. The number of hydrogen-bond donors (Lipinski definition) is 0. The van der Waals surface area contributed by atoms with Gasteiger partial charge in [-0.2, -0.15) is 0 Å². The largest absolute Gasteiger partial charge is 0.462 e. The molecule has 0 N–H and O–H groups in total. The first-order chi connectivity index (χ1) is 28.0. The Morgan fingerprint density at radius 2 is 0.702 bits per heavy atom. The zero-order valence-electron chi connectivity index (χ0n) is 37.3. The van der Waals surface area contributed by atoms with Gasteiger partial charge in [-0.3, -0.25) is 14.4 Å². The maximum absolute atomic E-state index is 12.7. The molecule has 0 aromatic carbocycles. The Kier molecular flexibility index (Phi) is 43.5. The summed E-state index contributed by atoms with van der Waals surface area (Å²) in [7, 11) is 0. The Bertz CT molecular complexity index is 1050. The molecule has 328 valence electrons. The molecule has 0 bridgehead atoms. The van der Waals surface area contributed by atoms with Crippen LogP contribution in [-0.4, -0.2) is 37.2 Å². The van der Waals surface area contributed by atoms with Crippen molar-refractivity contribution in [1.82, 2.24) is 0 Å². The summed E-state index contributed by atoms with van der Waals surface area (Å²) >= 11 is 0. The van der Waals surface area contributed by atoms with E-state index in [-0.39, 0.29) is 31.1 Å². The molecule has 6 nitrogen and oxygen atoms in total. The summed E-state index contributed by atoms with van der Waals surface area (Å²) in [5.74, 6) is -0.942. The van der Waals surface area contributed by atoms with Gasteiger partial charge in [-0.15, -0.1) is 0 Å². The van der Waals surface area contributed by atoms with Crippen molar-refractivity contribution in [3.63, 3.8) is 0 Å². The van der Waals surface area contributed by atoms with Crippen molar-refractivity contribution in [2.45, 2.75) is 232 Å². The minimum absolute atomic E-state index is 0.0906. The van der Waals surface area contributed by atoms with Gasteiger partial charge < -0.3 is 14.2 Å². The van der Waals surface area contributed by atoms with Crippen LogP contribution in [0.4, 0.5) is 0 Å². The van der Waals surface area contributed by atoms with E-state index in [1.807, 2.05) is 0 Å². The van der Waals surface area contributed by atoms with Crippen LogP contribution < -0.4 is 0 Å². The van der Waals surface area contributed by atoms with Gasteiger partial charge in [0.1, 0.15) is 13.2 Å². The highest BCUT2D eigenvalue weighted by atomic mass is 16.6. The van der Waals surface area contributed by atoms with Crippen LogP contribution in [0.2, 0.25) is 0 Å². The highest BCUT2D eigenvalue weighted by Crippen LogP contribution is 2.14. The summed E-state index contributed by atoms with van der Waals surface area (Å²) in [6.07, 6.45) is 54.9.